The molecule has 1 atom stereocenters. The van der Waals surface area contributed by atoms with Gasteiger partial charge in [-0.25, -0.2) is 4.98 Å². The number of pyridine rings is 2. The number of nitrogens with zero attached hydrogens (tertiary/aromatic N) is 3. The molecule has 0 aliphatic rings. The number of carbonyl (C=O) groups excluding carboxylic acids is 1. The highest BCUT2D eigenvalue weighted by molar-refractivity contribution is 7.17. The lowest BCUT2D eigenvalue weighted by Gasteiger charge is -2.13. The van der Waals surface area contributed by atoms with E-state index in [1.807, 2.05) is 49.4 Å². The fourth-order valence-electron chi connectivity index (χ4n) is 4.61. The smallest absolute Gasteiger partial charge is 0.169 e. The van der Waals surface area contributed by atoms with Crippen LogP contribution >= 0.6 is 11.3 Å². The number of carbonyl (C=O) groups is 1. The van der Waals surface area contributed by atoms with E-state index >= 15 is 0 Å². The van der Waals surface area contributed by atoms with Crippen molar-refractivity contribution >= 4 is 44.7 Å². The third kappa shape index (κ3) is 4.46. The molecular formula is C29H26N6O2S. The number of ketones is 1. The van der Waals surface area contributed by atoms with Crippen LogP contribution in [-0.2, 0) is 0 Å². The fraction of sp³-hybridized carbons (Fsp3) is 0.172. The minimum atomic E-state index is -0.622. The molecule has 0 radical (unpaired) electrons. The Balaban J connectivity index is 1.39. The number of aromatic nitrogens is 5. The van der Waals surface area contributed by atoms with Crippen molar-refractivity contribution in [1.82, 2.24) is 25.1 Å². The van der Waals surface area contributed by atoms with Crippen LogP contribution in [0.5, 0.6) is 0 Å². The van der Waals surface area contributed by atoms with Gasteiger partial charge in [0.25, 0.3) is 0 Å². The van der Waals surface area contributed by atoms with E-state index in [9.17, 15) is 9.90 Å². The molecule has 0 fully saturated rings. The van der Waals surface area contributed by atoms with Crippen molar-refractivity contribution in [2.45, 2.75) is 32.9 Å². The number of aliphatic hydroxyl groups excluding tert-OH is 1. The van der Waals surface area contributed by atoms with Gasteiger partial charge in [0.15, 0.2) is 5.78 Å². The summed E-state index contributed by atoms with van der Waals surface area (Å²) in [7, 11) is 0. The van der Waals surface area contributed by atoms with Crippen molar-refractivity contribution in [1.29, 1.82) is 0 Å². The first-order valence-electron chi connectivity index (χ1n) is 12.5. The SMILES string of the molecule is CCCC(O)Nc1cncc(-c2ccc3[nH]nc(-c4cc5c(-c6ccc(C(C)=O)s6)cccc5[nH]4)c3n2)c1. The van der Waals surface area contributed by atoms with Crippen LogP contribution in [-0.4, -0.2) is 42.3 Å². The summed E-state index contributed by atoms with van der Waals surface area (Å²) in [5, 5.41) is 22.0. The zero-order valence-corrected chi connectivity index (χ0v) is 21.8. The Morgan fingerprint density at radius 3 is 2.82 bits per heavy atom. The molecule has 38 heavy (non-hydrogen) atoms. The van der Waals surface area contributed by atoms with Crippen molar-refractivity contribution in [3.05, 3.63) is 71.9 Å². The van der Waals surface area contributed by atoms with Crippen molar-refractivity contribution in [3.63, 3.8) is 0 Å². The number of aliphatic hydroxyl groups is 1. The zero-order chi connectivity index (χ0) is 26.2. The van der Waals surface area contributed by atoms with Crippen LogP contribution < -0.4 is 5.32 Å². The van der Waals surface area contributed by atoms with Crippen molar-refractivity contribution in [2.24, 2.45) is 0 Å². The summed E-state index contributed by atoms with van der Waals surface area (Å²) in [6.07, 6.45) is 4.37. The van der Waals surface area contributed by atoms with Crippen LogP contribution in [0.25, 0.3) is 55.0 Å². The Kier molecular flexibility index (Phi) is 6.22. The molecule has 5 heterocycles. The van der Waals surface area contributed by atoms with Crippen molar-refractivity contribution in [3.8, 4) is 33.1 Å². The van der Waals surface area contributed by atoms with E-state index in [1.54, 1.807) is 19.3 Å². The number of rotatable bonds is 8. The Bertz CT molecular complexity index is 1780. The molecule has 8 nitrogen and oxygen atoms in total. The summed E-state index contributed by atoms with van der Waals surface area (Å²) in [5.74, 6) is 0.0710. The third-order valence-electron chi connectivity index (χ3n) is 6.47. The molecule has 0 amide bonds. The van der Waals surface area contributed by atoms with Gasteiger partial charge in [0.05, 0.1) is 33.7 Å². The maximum absolute atomic E-state index is 11.8. The Hall–Kier alpha value is -4.34. The molecular weight excluding hydrogens is 496 g/mol. The van der Waals surface area contributed by atoms with Gasteiger partial charge < -0.3 is 15.4 Å². The second kappa shape index (κ2) is 9.85. The van der Waals surface area contributed by atoms with Gasteiger partial charge in [-0.15, -0.1) is 11.3 Å². The summed E-state index contributed by atoms with van der Waals surface area (Å²) in [6, 6.07) is 17.9. The zero-order valence-electron chi connectivity index (χ0n) is 20.9. The first kappa shape index (κ1) is 24.0. The Labute approximate surface area is 222 Å². The predicted octanol–water partition coefficient (Wildman–Crippen LogP) is 6.63. The molecule has 0 bridgehead atoms. The summed E-state index contributed by atoms with van der Waals surface area (Å²) in [6.45, 7) is 3.62. The van der Waals surface area contributed by atoms with Crippen molar-refractivity contribution < 1.29 is 9.90 Å². The monoisotopic (exact) mass is 522 g/mol. The second-order valence-corrected chi connectivity index (χ2v) is 10.3. The van der Waals surface area contributed by atoms with Gasteiger partial charge in [-0.2, -0.15) is 5.10 Å². The summed E-state index contributed by atoms with van der Waals surface area (Å²) in [4.78, 5) is 26.4. The van der Waals surface area contributed by atoms with Crippen LogP contribution in [0.1, 0.15) is 36.4 Å². The topological polar surface area (TPSA) is 120 Å². The number of nitrogens with one attached hydrogen (secondary N) is 3. The molecule has 0 saturated heterocycles. The maximum Gasteiger partial charge on any atom is 0.169 e. The molecule has 5 aromatic heterocycles. The second-order valence-electron chi connectivity index (χ2n) is 9.25. The molecule has 4 N–H and O–H groups in total. The van der Waals surface area contributed by atoms with E-state index in [2.05, 4.69) is 37.6 Å². The Morgan fingerprint density at radius 1 is 1.11 bits per heavy atom. The average molecular weight is 523 g/mol. The van der Waals surface area contributed by atoms with Crippen LogP contribution in [0.3, 0.4) is 0 Å². The summed E-state index contributed by atoms with van der Waals surface area (Å²) < 4.78 is 0. The molecule has 0 spiro atoms. The molecule has 0 aliphatic carbocycles. The van der Waals surface area contributed by atoms with Gasteiger partial charge in [0.2, 0.25) is 0 Å². The highest BCUT2D eigenvalue weighted by Gasteiger charge is 2.17. The van der Waals surface area contributed by atoms with Crippen LogP contribution in [0.2, 0.25) is 0 Å². The van der Waals surface area contributed by atoms with Crippen LogP contribution in [0.4, 0.5) is 5.69 Å². The number of thiophene rings is 1. The number of benzene rings is 1. The highest BCUT2D eigenvalue weighted by atomic mass is 32.1. The molecule has 6 rings (SSSR count). The normalized spacial score (nSPS) is 12.3. The number of Topliss-reactive ketones (excluding diaryl/α,β-unsaturated/α-hetero) is 1. The van der Waals surface area contributed by atoms with Gasteiger partial charge >= 0.3 is 0 Å². The number of H-pyrrole nitrogens is 2. The molecule has 1 unspecified atom stereocenters. The van der Waals surface area contributed by atoms with E-state index in [0.717, 1.165) is 72.0 Å². The maximum atomic E-state index is 11.8. The van der Waals surface area contributed by atoms with Gasteiger partial charge in [-0.3, -0.25) is 14.9 Å². The van der Waals surface area contributed by atoms with E-state index in [4.69, 9.17) is 4.98 Å². The van der Waals surface area contributed by atoms with Gasteiger partial charge in [-0.05, 0) is 55.8 Å². The number of fused-ring (bicyclic) bond motifs is 2. The van der Waals surface area contributed by atoms with Gasteiger partial charge in [-0.1, -0.05) is 25.5 Å². The Morgan fingerprint density at radius 2 is 2.00 bits per heavy atom. The highest BCUT2D eigenvalue weighted by Crippen LogP contribution is 2.37. The van der Waals surface area contributed by atoms with Crippen molar-refractivity contribution in [2.75, 3.05) is 5.32 Å². The van der Waals surface area contributed by atoms with E-state index in [0.29, 0.717) is 6.42 Å². The lowest BCUT2D eigenvalue weighted by Crippen LogP contribution is -2.18. The number of hydrogen-bond donors (Lipinski definition) is 4. The molecule has 1 aromatic carbocycles. The largest absolute Gasteiger partial charge is 0.374 e. The first-order valence-corrected chi connectivity index (χ1v) is 13.3. The lowest BCUT2D eigenvalue weighted by molar-refractivity contribution is 0.102. The van der Waals surface area contributed by atoms with Gasteiger partial charge in [0, 0.05) is 33.1 Å². The van der Waals surface area contributed by atoms with Crippen LogP contribution in [0, 0.1) is 0 Å². The van der Waals surface area contributed by atoms with E-state index in [-0.39, 0.29) is 5.78 Å². The van der Waals surface area contributed by atoms with Crippen LogP contribution in [0.15, 0.2) is 67.0 Å². The number of anilines is 1. The minimum absolute atomic E-state index is 0.0710. The molecule has 0 aliphatic heterocycles. The summed E-state index contributed by atoms with van der Waals surface area (Å²) in [5.41, 5.74) is 7.53. The molecule has 9 heteroatoms. The molecule has 190 valence electrons. The standard InChI is InChI=1S/C29H26N6O2S/c1-3-5-27(37)31-18-12-17(14-30-15-18)21-8-9-23-28(33-21)29(35-34-23)24-13-20-19(6-4-7-22(20)32-24)26-11-10-25(38-26)16(2)36/h4,6-15,27,31-32,37H,3,5H2,1-2H3,(H,34,35). The molecule has 0 saturated carbocycles. The fourth-order valence-corrected chi connectivity index (χ4v) is 5.55. The summed E-state index contributed by atoms with van der Waals surface area (Å²) >= 11 is 1.50. The number of hydrogen-bond acceptors (Lipinski definition) is 7. The lowest BCUT2D eigenvalue weighted by atomic mass is 10.1. The molecule has 6 aromatic rings. The van der Waals surface area contributed by atoms with Gasteiger partial charge in [0.1, 0.15) is 17.4 Å². The average Bonchev–Trinajstić information content (AvgIpc) is 3.66. The number of aromatic amines is 2. The third-order valence-corrected chi connectivity index (χ3v) is 7.69. The minimum Gasteiger partial charge on any atom is -0.374 e. The predicted molar refractivity (Wildman–Crippen MR) is 152 cm³/mol. The van der Waals surface area contributed by atoms with E-state index in [1.165, 1.54) is 11.3 Å². The van der Waals surface area contributed by atoms with E-state index < -0.39 is 6.23 Å². The quantitative estimate of drug-likeness (QED) is 0.132. The first-order chi connectivity index (χ1) is 18.5.